The first-order valence-corrected chi connectivity index (χ1v) is 6.99. The molecule has 3 aromatic rings. The van der Waals surface area contributed by atoms with Gasteiger partial charge in [-0.15, -0.1) is 0 Å². The van der Waals surface area contributed by atoms with E-state index >= 15 is 0 Å². The monoisotopic (exact) mass is 285 g/mol. The van der Waals surface area contributed by atoms with Gasteiger partial charge in [-0.3, -0.25) is 0 Å². The zero-order valence-electron chi connectivity index (χ0n) is 11.5. The van der Waals surface area contributed by atoms with Crippen molar-refractivity contribution in [2.45, 2.75) is 13.0 Å². The van der Waals surface area contributed by atoms with Gasteiger partial charge in [-0.2, -0.15) is 0 Å². The van der Waals surface area contributed by atoms with Gasteiger partial charge in [-0.25, -0.2) is 0 Å². The third-order valence-corrected chi connectivity index (χ3v) is 4.05. The van der Waals surface area contributed by atoms with Crippen LogP contribution >= 0.6 is 11.6 Å². The zero-order valence-corrected chi connectivity index (χ0v) is 12.2. The van der Waals surface area contributed by atoms with Crippen LogP contribution in [-0.4, -0.2) is 7.05 Å². The van der Waals surface area contributed by atoms with E-state index < -0.39 is 0 Å². The number of rotatable bonds is 3. The Morgan fingerprint density at radius 2 is 1.90 bits per heavy atom. The van der Waals surface area contributed by atoms with Gasteiger partial charge in [-0.1, -0.05) is 41.9 Å². The Morgan fingerprint density at radius 3 is 2.65 bits per heavy atom. The second-order valence-electron chi connectivity index (χ2n) is 4.86. The Morgan fingerprint density at radius 1 is 1.10 bits per heavy atom. The molecule has 0 aliphatic carbocycles. The maximum Gasteiger partial charge on any atom is 0.134 e. The van der Waals surface area contributed by atoms with Crippen LogP contribution in [0.2, 0.25) is 5.02 Å². The lowest BCUT2D eigenvalue weighted by atomic mass is 9.99. The van der Waals surface area contributed by atoms with Crippen molar-refractivity contribution in [2.75, 3.05) is 7.05 Å². The molecule has 1 aromatic heterocycles. The van der Waals surface area contributed by atoms with Crippen LogP contribution in [0.1, 0.15) is 22.9 Å². The molecule has 20 heavy (non-hydrogen) atoms. The average Bonchev–Trinajstić information content (AvgIpc) is 2.87. The Hall–Kier alpha value is -1.77. The van der Waals surface area contributed by atoms with Gasteiger partial charge in [0, 0.05) is 10.4 Å². The molecule has 102 valence electrons. The minimum Gasteiger partial charge on any atom is -0.459 e. The van der Waals surface area contributed by atoms with E-state index in [1.165, 1.54) is 0 Å². The molecule has 1 heterocycles. The molecule has 0 spiro atoms. The zero-order chi connectivity index (χ0) is 14.1. The first kappa shape index (κ1) is 13.2. The summed E-state index contributed by atoms with van der Waals surface area (Å²) in [4.78, 5) is 0. The van der Waals surface area contributed by atoms with Crippen LogP contribution in [0.15, 0.2) is 52.9 Å². The number of furan rings is 1. The maximum atomic E-state index is 6.22. The van der Waals surface area contributed by atoms with E-state index in [1.54, 1.807) is 0 Å². The fraction of sp³-hybridized carbons (Fsp3) is 0.176. The van der Waals surface area contributed by atoms with Crippen LogP contribution in [0.5, 0.6) is 0 Å². The molecule has 2 nitrogen and oxygen atoms in total. The van der Waals surface area contributed by atoms with Gasteiger partial charge in [0.15, 0.2) is 0 Å². The topological polar surface area (TPSA) is 25.2 Å². The molecule has 0 saturated heterocycles. The van der Waals surface area contributed by atoms with E-state index in [0.717, 1.165) is 32.9 Å². The standard InChI is InChI=1S/C17H16ClNO/c1-11-13(7-5-8-14(11)18)17(19-2)16-10-12-6-3-4-9-15(12)20-16/h3-10,17,19H,1-2H3. The van der Waals surface area contributed by atoms with Gasteiger partial charge >= 0.3 is 0 Å². The lowest BCUT2D eigenvalue weighted by Gasteiger charge is -2.17. The third-order valence-electron chi connectivity index (χ3n) is 3.64. The van der Waals surface area contributed by atoms with Crippen LogP contribution in [0.3, 0.4) is 0 Å². The molecule has 0 bridgehead atoms. The largest absolute Gasteiger partial charge is 0.459 e. The summed E-state index contributed by atoms with van der Waals surface area (Å²) in [6.45, 7) is 2.03. The average molecular weight is 286 g/mol. The molecular formula is C17H16ClNO. The van der Waals surface area contributed by atoms with Crippen molar-refractivity contribution in [3.8, 4) is 0 Å². The fourth-order valence-electron chi connectivity index (χ4n) is 2.53. The quantitative estimate of drug-likeness (QED) is 0.754. The number of benzene rings is 2. The number of fused-ring (bicyclic) bond motifs is 1. The van der Waals surface area contributed by atoms with Crippen LogP contribution in [0.25, 0.3) is 11.0 Å². The number of hydrogen-bond donors (Lipinski definition) is 1. The minimum absolute atomic E-state index is 0.00102. The van der Waals surface area contributed by atoms with Crippen LogP contribution in [0.4, 0.5) is 0 Å². The molecule has 3 heteroatoms. The second kappa shape index (κ2) is 5.31. The molecule has 0 saturated carbocycles. The van der Waals surface area contributed by atoms with E-state index in [1.807, 2.05) is 44.3 Å². The smallest absolute Gasteiger partial charge is 0.134 e. The third kappa shape index (κ3) is 2.21. The summed E-state index contributed by atoms with van der Waals surface area (Å²) in [7, 11) is 1.93. The van der Waals surface area contributed by atoms with Gasteiger partial charge in [0.05, 0.1) is 6.04 Å². The summed E-state index contributed by atoms with van der Waals surface area (Å²) in [5.74, 6) is 0.902. The van der Waals surface area contributed by atoms with Crippen LogP contribution < -0.4 is 5.32 Å². The molecule has 0 fully saturated rings. The lowest BCUT2D eigenvalue weighted by Crippen LogP contribution is -2.18. The molecule has 2 aromatic carbocycles. The van der Waals surface area contributed by atoms with Gasteiger partial charge in [0.2, 0.25) is 0 Å². The van der Waals surface area contributed by atoms with E-state index in [0.29, 0.717) is 0 Å². The van der Waals surface area contributed by atoms with E-state index in [9.17, 15) is 0 Å². The molecule has 1 unspecified atom stereocenters. The molecule has 3 rings (SSSR count). The summed E-state index contributed by atoms with van der Waals surface area (Å²) >= 11 is 6.22. The second-order valence-corrected chi connectivity index (χ2v) is 5.27. The van der Waals surface area contributed by atoms with E-state index in [2.05, 4.69) is 23.5 Å². The summed E-state index contributed by atoms with van der Waals surface area (Å²) in [5, 5.41) is 5.20. The predicted molar refractivity (Wildman–Crippen MR) is 83.3 cm³/mol. The highest BCUT2D eigenvalue weighted by Crippen LogP contribution is 2.31. The number of hydrogen-bond acceptors (Lipinski definition) is 2. The highest BCUT2D eigenvalue weighted by molar-refractivity contribution is 6.31. The van der Waals surface area contributed by atoms with Crippen molar-refractivity contribution >= 4 is 22.6 Å². The molecule has 0 aliphatic heterocycles. The number of para-hydroxylation sites is 1. The molecule has 0 radical (unpaired) electrons. The van der Waals surface area contributed by atoms with Gasteiger partial charge < -0.3 is 9.73 Å². The molecular weight excluding hydrogens is 270 g/mol. The minimum atomic E-state index is 0.00102. The van der Waals surface area contributed by atoms with E-state index in [-0.39, 0.29) is 6.04 Å². The van der Waals surface area contributed by atoms with Gasteiger partial charge in [-0.05, 0) is 43.3 Å². The molecule has 1 atom stereocenters. The van der Waals surface area contributed by atoms with Crippen molar-refractivity contribution < 1.29 is 4.42 Å². The first-order valence-electron chi connectivity index (χ1n) is 6.61. The van der Waals surface area contributed by atoms with Gasteiger partial charge in [0.25, 0.3) is 0 Å². The summed E-state index contributed by atoms with van der Waals surface area (Å²) in [6.07, 6.45) is 0. The normalized spacial score (nSPS) is 12.8. The number of halogens is 1. The Labute approximate surface area is 123 Å². The highest BCUT2D eigenvalue weighted by atomic mass is 35.5. The predicted octanol–water partition coefficient (Wildman–Crippen LogP) is 4.70. The molecule has 0 amide bonds. The fourth-order valence-corrected chi connectivity index (χ4v) is 2.71. The van der Waals surface area contributed by atoms with Crippen LogP contribution in [0, 0.1) is 6.92 Å². The van der Waals surface area contributed by atoms with Crippen molar-refractivity contribution in [1.29, 1.82) is 0 Å². The Balaban J connectivity index is 2.11. The maximum absolute atomic E-state index is 6.22. The summed E-state index contributed by atoms with van der Waals surface area (Å²) in [5.41, 5.74) is 3.12. The Bertz CT molecular complexity index is 715. The van der Waals surface area contributed by atoms with Gasteiger partial charge in [0.1, 0.15) is 11.3 Å². The summed E-state index contributed by atoms with van der Waals surface area (Å²) in [6, 6.07) is 16.1. The van der Waals surface area contributed by atoms with Crippen LogP contribution in [-0.2, 0) is 0 Å². The molecule has 1 N–H and O–H groups in total. The summed E-state index contributed by atoms with van der Waals surface area (Å²) < 4.78 is 5.96. The number of nitrogens with one attached hydrogen (secondary N) is 1. The molecule has 0 aliphatic rings. The first-order chi connectivity index (χ1) is 9.70. The van der Waals surface area contributed by atoms with Crippen molar-refractivity contribution in [3.63, 3.8) is 0 Å². The van der Waals surface area contributed by atoms with Crippen molar-refractivity contribution in [1.82, 2.24) is 5.32 Å². The highest BCUT2D eigenvalue weighted by Gasteiger charge is 2.19. The Kier molecular flexibility index (Phi) is 3.51. The van der Waals surface area contributed by atoms with Crippen molar-refractivity contribution in [3.05, 3.63) is 70.4 Å². The SMILES string of the molecule is CNC(c1cc2ccccc2o1)c1cccc(Cl)c1C. The lowest BCUT2D eigenvalue weighted by molar-refractivity contribution is 0.490. The van der Waals surface area contributed by atoms with E-state index in [4.69, 9.17) is 16.0 Å². The van der Waals surface area contributed by atoms with Crippen molar-refractivity contribution in [2.24, 2.45) is 0 Å².